The van der Waals surface area contributed by atoms with Crippen LogP contribution in [0.1, 0.15) is 46.0 Å². The molecule has 1 aliphatic carbocycles. The number of nitrogens with one attached hydrogen (secondary N) is 1. The maximum absolute atomic E-state index is 11.8. The summed E-state index contributed by atoms with van der Waals surface area (Å²) in [6, 6.07) is 0.346. The van der Waals surface area contributed by atoms with Crippen molar-refractivity contribution in [3.8, 4) is 0 Å². The van der Waals surface area contributed by atoms with Gasteiger partial charge in [-0.25, -0.2) is 0 Å². The smallest absolute Gasteiger partial charge is 0.222 e. The number of amides is 1. The molecule has 0 saturated heterocycles. The van der Waals surface area contributed by atoms with E-state index in [1.54, 1.807) is 0 Å². The van der Waals surface area contributed by atoms with Gasteiger partial charge in [-0.05, 0) is 32.9 Å². The molecule has 0 spiro atoms. The topological polar surface area (TPSA) is 55.1 Å². The Morgan fingerprint density at radius 3 is 2.62 bits per heavy atom. The number of hydrogen-bond donors (Lipinski definition) is 2. The van der Waals surface area contributed by atoms with Gasteiger partial charge in [0, 0.05) is 23.3 Å². The van der Waals surface area contributed by atoms with Crippen LogP contribution in [0.5, 0.6) is 0 Å². The third-order valence-corrected chi connectivity index (χ3v) is 4.14. The zero-order chi connectivity index (χ0) is 12.2. The first-order chi connectivity index (χ1) is 7.42. The molecule has 94 valence electrons. The molecule has 0 radical (unpaired) electrons. The van der Waals surface area contributed by atoms with Crippen molar-refractivity contribution in [3.63, 3.8) is 0 Å². The summed E-state index contributed by atoms with van der Waals surface area (Å²) in [5.41, 5.74) is 5.43. The summed E-state index contributed by atoms with van der Waals surface area (Å²) in [6.45, 7) is 3.78. The maximum atomic E-state index is 11.8. The second-order valence-corrected chi connectivity index (χ2v) is 6.47. The van der Waals surface area contributed by atoms with Crippen molar-refractivity contribution in [2.75, 3.05) is 6.26 Å². The second kappa shape index (κ2) is 5.92. The summed E-state index contributed by atoms with van der Waals surface area (Å²) in [5, 5.41) is 3.72. The monoisotopic (exact) mass is 244 g/mol. The van der Waals surface area contributed by atoms with E-state index in [2.05, 4.69) is 11.6 Å². The molecule has 1 saturated carbocycles. The number of hydrogen-bond acceptors (Lipinski definition) is 3. The molecule has 0 aliphatic heterocycles. The third kappa shape index (κ3) is 4.74. The predicted octanol–water partition coefficient (Wildman–Crippen LogP) is 1.90. The van der Waals surface area contributed by atoms with E-state index >= 15 is 0 Å². The van der Waals surface area contributed by atoms with Crippen LogP contribution in [-0.2, 0) is 4.79 Å². The lowest BCUT2D eigenvalue weighted by atomic mass is 9.94. The van der Waals surface area contributed by atoms with Crippen molar-refractivity contribution >= 4 is 17.7 Å². The molecule has 3 nitrogen and oxygen atoms in total. The summed E-state index contributed by atoms with van der Waals surface area (Å²) < 4.78 is 0. The minimum Gasteiger partial charge on any atom is -0.352 e. The van der Waals surface area contributed by atoms with Crippen LogP contribution < -0.4 is 11.1 Å². The fourth-order valence-electron chi connectivity index (χ4n) is 2.22. The molecule has 16 heavy (non-hydrogen) atoms. The number of rotatable bonds is 4. The molecule has 1 rings (SSSR count). The first-order valence-corrected chi connectivity index (χ1v) is 7.32. The quantitative estimate of drug-likeness (QED) is 0.794. The number of thioether (sulfide) groups is 1. The van der Waals surface area contributed by atoms with Gasteiger partial charge < -0.3 is 11.1 Å². The molecule has 0 aromatic carbocycles. The number of carbonyl (C=O) groups excluding carboxylic acids is 1. The molecule has 1 aliphatic rings. The van der Waals surface area contributed by atoms with Gasteiger partial charge in [-0.3, -0.25) is 4.79 Å². The van der Waals surface area contributed by atoms with E-state index in [-0.39, 0.29) is 5.91 Å². The standard InChI is InChI=1S/C12H24N2OS/c1-12(2,13)8-11(15)14-9-6-4-5-7-10(9)16-3/h9-10H,4-8,13H2,1-3H3,(H,14,15). The van der Waals surface area contributed by atoms with Gasteiger partial charge >= 0.3 is 0 Å². The molecule has 0 aromatic rings. The Hall–Kier alpha value is -0.220. The molecule has 0 heterocycles. The first kappa shape index (κ1) is 13.8. The highest BCUT2D eigenvalue weighted by Crippen LogP contribution is 2.27. The summed E-state index contributed by atoms with van der Waals surface area (Å²) in [5.74, 6) is 0.0958. The zero-order valence-corrected chi connectivity index (χ0v) is 11.4. The summed E-state index contributed by atoms with van der Waals surface area (Å²) in [4.78, 5) is 11.8. The highest BCUT2D eigenvalue weighted by atomic mass is 32.2. The van der Waals surface area contributed by atoms with Gasteiger partial charge in [0.05, 0.1) is 0 Å². The van der Waals surface area contributed by atoms with Crippen molar-refractivity contribution in [1.82, 2.24) is 5.32 Å². The molecule has 2 unspecified atom stereocenters. The highest BCUT2D eigenvalue weighted by molar-refractivity contribution is 7.99. The fourth-order valence-corrected chi connectivity index (χ4v) is 3.15. The van der Waals surface area contributed by atoms with Crippen molar-refractivity contribution in [1.29, 1.82) is 0 Å². The van der Waals surface area contributed by atoms with Gasteiger partial charge in [-0.15, -0.1) is 0 Å². The molecule has 1 amide bonds. The maximum Gasteiger partial charge on any atom is 0.222 e. The Labute approximate surface area is 103 Å². The lowest BCUT2D eigenvalue weighted by Gasteiger charge is -2.31. The normalized spacial score (nSPS) is 26.5. The van der Waals surface area contributed by atoms with E-state index in [4.69, 9.17) is 5.73 Å². The van der Waals surface area contributed by atoms with Crippen molar-refractivity contribution < 1.29 is 4.79 Å². The molecule has 4 heteroatoms. The molecule has 0 aromatic heterocycles. The lowest BCUT2D eigenvalue weighted by molar-refractivity contribution is -0.122. The van der Waals surface area contributed by atoms with Gasteiger partial charge in [0.25, 0.3) is 0 Å². The Morgan fingerprint density at radius 1 is 1.44 bits per heavy atom. The van der Waals surface area contributed by atoms with Crippen LogP contribution in [0.15, 0.2) is 0 Å². The van der Waals surface area contributed by atoms with Crippen LogP contribution in [0.4, 0.5) is 0 Å². The molecule has 2 atom stereocenters. The van der Waals surface area contributed by atoms with Crippen molar-refractivity contribution in [2.45, 2.75) is 62.8 Å². The second-order valence-electron chi connectivity index (χ2n) is 5.40. The molecular weight excluding hydrogens is 220 g/mol. The Balaban J connectivity index is 2.42. The zero-order valence-electron chi connectivity index (χ0n) is 10.6. The van der Waals surface area contributed by atoms with E-state index in [0.29, 0.717) is 17.7 Å². The lowest BCUT2D eigenvalue weighted by Crippen LogP contribution is -2.47. The number of nitrogens with two attached hydrogens (primary N) is 1. The van der Waals surface area contributed by atoms with Gasteiger partial charge in [0.15, 0.2) is 0 Å². The number of carbonyl (C=O) groups is 1. The SMILES string of the molecule is CSC1CCCCC1NC(=O)CC(C)(C)N. The minimum atomic E-state index is -0.409. The molecule has 3 N–H and O–H groups in total. The van der Waals surface area contributed by atoms with Crippen molar-refractivity contribution in [2.24, 2.45) is 5.73 Å². The van der Waals surface area contributed by atoms with Gasteiger partial charge in [-0.1, -0.05) is 12.8 Å². The van der Waals surface area contributed by atoms with Gasteiger partial charge in [-0.2, -0.15) is 11.8 Å². The largest absolute Gasteiger partial charge is 0.352 e. The van der Waals surface area contributed by atoms with Crippen LogP contribution in [-0.4, -0.2) is 29.0 Å². The molecule has 1 fully saturated rings. The van der Waals surface area contributed by atoms with Crippen LogP contribution >= 0.6 is 11.8 Å². The van der Waals surface area contributed by atoms with E-state index in [9.17, 15) is 4.79 Å². The molecule has 0 bridgehead atoms. The predicted molar refractivity (Wildman–Crippen MR) is 70.6 cm³/mol. The highest BCUT2D eigenvalue weighted by Gasteiger charge is 2.26. The van der Waals surface area contributed by atoms with Crippen LogP contribution in [0.3, 0.4) is 0 Å². The van der Waals surface area contributed by atoms with Crippen molar-refractivity contribution in [3.05, 3.63) is 0 Å². The summed E-state index contributed by atoms with van der Waals surface area (Å²) in [7, 11) is 0. The van der Waals surface area contributed by atoms with E-state index < -0.39 is 5.54 Å². The Kier molecular flexibility index (Phi) is 5.12. The third-order valence-electron chi connectivity index (χ3n) is 2.97. The molecular formula is C12H24N2OS. The Bertz CT molecular complexity index is 238. The minimum absolute atomic E-state index is 0.0958. The van der Waals surface area contributed by atoms with E-state index in [1.807, 2.05) is 25.6 Å². The van der Waals surface area contributed by atoms with E-state index in [0.717, 1.165) is 6.42 Å². The summed E-state index contributed by atoms with van der Waals surface area (Å²) in [6.07, 6.45) is 7.39. The average molecular weight is 244 g/mol. The van der Waals surface area contributed by atoms with Crippen LogP contribution in [0.2, 0.25) is 0 Å². The average Bonchev–Trinajstić information content (AvgIpc) is 2.15. The van der Waals surface area contributed by atoms with Crippen LogP contribution in [0, 0.1) is 0 Å². The van der Waals surface area contributed by atoms with Gasteiger partial charge in [0.2, 0.25) is 5.91 Å². The van der Waals surface area contributed by atoms with E-state index in [1.165, 1.54) is 19.3 Å². The van der Waals surface area contributed by atoms with Crippen LogP contribution in [0.25, 0.3) is 0 Å². The Morgan fingerprint density at radius 2 is 2.06 bits per heavy atom. The fraction of sp³-hybridized carbons (Fsp3) is 0.917. The first-order valence-electron chi connectivity index (χ1n) is 6.03. The van der Waals surface area contributed by atoms with Gasteiger partial charge in [0.1, 0.15) is 0 Å². The summed E-state index contributed by atoms with van der Waals surface area (Å²) >= 11 is 1.87.